The van der Waals surface area contributed by atoms with Gasteiger partial charge in [-0.3, -0.25) is 9.69 Å². The average molecular weight is 593 g/mol. The predicted octanol–water partition coefficient (Wildman–Crippen LogP) is 5.30. The molecule has 3 aromatic carbocycles. The van der Waals surface area contributed by atoms with Gasteiger partial charge in [0.1, 0.15) is 18.2 Å². The van der Waals surface area contributed by atoms with Crippen molar-refractivity contribution in [1.82, 2.24) is 19.8 Å². The molecule has 3 heterocycles. The summed E-state index contributed by atoms with van der Waals surface area (Å²) in [5.74, 6) is -0.904. The van der Waals surface area contributed by atoms with Gasteiger partial charge in [-0.1, -0.05) is 23.7 Å². The van der Waals surface area contributed by atoms with Crippen molar-refractivity contribution in [3.05, 3.63) is 88.0 Å². The number of imidazole rings is 1. The van der Waals surface area contributed by atoms with Crippen LogP contribution in [0.5, 0.6) is 11.5 Å². The van der Waals surface area contributed by atoms with Crippen LogP contribution in [-0.2, 0) is 23.7 Å². The summed E-state index contributed by atoms with van der Waals surface area (Å²) in [6, 6.07) is 15.0. The summed E-state index contributed by atoms with van der Waals surface area (Å²) in [5.41, 5.74) is 2.70. The van der Waals surface area contributed by atoms with Crippen molar-refractivity contribution >= 4 is 34.5 Å². The third-order valence-electron chi connectivity index (χ3n) is 8.08. The molecule has 11 heteroatoms. The summed E-state index contributed by atoms with van der Waals surface area (Å²) in [5, 5.41) is 12.4. The molecule has 1 atom stereocenters. The highest BCUT2D eigenvalue weighted by Gasteiger charge is 2.43. The number of para-hydroxylation sites is 1. The first-order valence-electron chi connectivity index (χ1n) is 13.8. The minimum absolute atomic E-state index is 0.0440. The Labute approximate surface area is 246 Å². The van der Waals surface area contributed by atoms with Gasteiger partial charge >= 0.3 is 5.97 Å². The number of piperidine rings is 1. The van der Waals surface area contributed by atoms with Crippen molar-refractivity contribution in [3.8, 4) is 11.5 Å². The average Bonchev–Trinajstić information content (AvgIpc) is 3.49. The number of aromatic nitrogens is 2. The van der Waals surface area contributed by atoms with Crippen LogP contribution in [0.2, 0.25) is 5.02 Å². The molecule has 218 valence electrons. The summed E-state index contributed by atoms with van der Waals surface area (Å²) in [6.45, 7) is 3.82. The van der Waals surface area contributed by atoms with Crippen molar-refractivity contribution in [3.63, 3.8) is 0 Å². The zero-order chi connectivity index (χ0) is 29.6. The lowest BCUT2D eigenvalue weighted by Crippen LogP contribution is -2.34. The molecular weight excluding hydrogens is 563 g/mol. The van der Waals surface area contributed by atoms with Crippen LogP contribution in [0.1, 0.15) is 53.0 Å². The lowest BCUT2D eigenvalue weighted by atomic mass is 9.88. The van der Waals surface area contributed by atoms with Crippen LogP contribution in [-0.4, -0.2) is 51.6 Å². The molecule has 9 nitrogen and oxygen atoms in total. The van der Waals surface area contributed by atoms with Crippen LogP contribution in [0.3, 0.4) is 0 Å². The number of nitrogens with zero attached hydrogens (tertiary/aromatic N) is 3. The molecule has 2 N–H and O–H groups in total. The highest BCUT2D eigenvalue weighted by atomic mass is 35.5. The maximum atomic E-state index is 14.8. The number of rotatable bonds is 7. The molecule has 2 aliphatic heterocycles. The molecule has 2 aliphatic rings. The minimum atomic E-state index is -1.31. The molecule has 0 bridgehead atoms. The molecular formula is C31H30ClFN4O5. The first-order valence-corrected chi connectivity index (χ1v) is 14.1. The molecule has 1 fully saturated rings. The number of carbonyl (C=O) groups excluding carboxylic acids is 1. The smallest absolute Gasteiger partial charge is 0.335 e. The van der Waals surface area contributed by atoms with E-state index in [0.717, 1.165) is 31.5 Å². The topological polar surface area (TPSA) is 106 Å². The van der Waals surface area contributed by atoms with E-state index in [1.807, 2.05) is 18.2 Å². The van der Waals surface area contributed by atoms with E-state index in [4.69, 9.17) is 26.1 Å². The largest absolute Gasteiger partial charge is 0.478 e. The Hall–Kier alpha value is -4.15. The minimum Gasteiger partial charge on any atom is -0.478 e. The number of halogens is 2. The Morgan fingerprint density at radius 1 is 1.14 bits per heavy atom. The number of likely N-dealkylation sites (tertiary alicyclic amines) is 1. The van der Waals surface area contributed by atoms with E-state index in [2.05, 4.69) is 10.2 Å². The normalized spacial score (nSPS) is 18.9. The molecule has 42 heavy (non-hydrogen) atoms. The summed E-state index contributed by atoms with van der Waals surface area (Å²) < 4.78 is 29.0. The number of hydrogen-bond acceptors (Lipinski definition) is 6. The van der Waals surface area contributed by atoms with E-state index >= 15 is 0 Å². The highest BCUT2D eigenvalue weighted by molar-refractivity contribution is 6.30. The summed E-state index contributed by atoms with van der Waals surface area (Å²) in [6.07, 6.45) is 1.70. The van der Waals surface area contributed by atoms with Crippen molar-refractivity contribution < 1.29 is 28.6 Å². The van der Waals surface area contributed by atoms with Gasteiger partial charge in [0.15, 0.2) is 11.5 Å². The van der Waals surface area contributed by atoms with Crippen LogP contribution in [0.4, 0.5) is 4.39 Å². The van der Waals surface area contributed by atoms with Crippen LogP contribution in [0, 0.1) is 5.82 Å². The van der Waals surface area contributed by atoms with E-state index < -0.39 is 17.6 Å². The monoisotopic (exact) mass is 592 g/mol. The second-order valence-electron chi connectivity index (χ2n) is 10.8. The number of benzene rings is 3. The Balaban J connectivity index is 1.19. The van der Waals surface area contributed by atoms with Crippen LogP contribution < -0.4 is 14.8 Å². The lowest BCUT2D eigenvalue weighted by molar-refractivity contribution is -0.121. The molecule has 4 aromatic rings. The number of carboxylic acid groups (broad SMARTS) is 1. The zero-order valence-corrected chi connectivity index (χ0v) is 23.9. The summed E-state index contributed by atoms with van der Waals surface area (Å²) in [4.78, 5) is 30.9. The van der Waals surface area contributed by atoms with Gasteiger partial charge in [0, 0.05) is 24.6 Å². The number of amides is 1. The number of hydrogen-bond donors (Lipinski definition) is 2. The third kappa shape index (κ3) is 5.16. The molecule has 0 aliphatic carbocycles. The van der Waals surface area contributed by atoms with Crippen LogP contribution >= 0.6 is 11.6 Å². The number of carboxylic acids is 1. The van der Waals surface area contributed by atoms with Gasteiger partial charge in [0.2, 0.25) is 5.91 Å². The van der Waals surface area contributed by atoms with E-state index in [9.17, 15) is 19.1 Å². The summed E-state index contributed by atoms with van der Waals surface area (Å²) >= 11 is 5.95. The maximum absolute atomic E-state index is 14.8. The summed E-state index contributed by atoms with van der Waals surface area (Å²) in [7, 11) is 1.57. The van der Waals surface area contributed by atoms with Gasteiger partial charge in [-0.15, -0.1) is 0 Å². The second-order valence-corrected chi connectivity index (χ2v) is 11.2. The van der Waals surface area contributed by atoms with E-state index in [-0.39, 0.29) is 29.5 Å². The number of carbonyl (C=O) groups is 2. The molecule has 0 radical (unpaired) electrons. The van der Waals surface area contributed by atoms with Gasteiger partial charge in [-0.25, -0.2) is 14.2 Å². The Morgan fingerprint density at radius 3 is 2.64 bits per heavy atom. The molecule has 0 saturated carbocycles. The Morgan fingerprint density at radius 2 is 1.93 bits per heavy atom. The fourth-order valence-corrected chi connectivity index (χ4v) is 6.02. The molecule has 1 amide bonds. The standard InChI is InChI=1S/C31H30ClFN4O5/c1-31(22-8-7-20(32)15-23(22)33)41-26-5-3-4-21(29(26)42-31)18-10-12-36(13-11-18)16-27-35-24-9-6-19(30(39)40)14-25(24)37(27)17-28(38)34-2/h3-9,14-15,18H,10-13,16-17H2,1-2H3,(H,34,38)(H,39,40). The molecule has 6 rings (SSSR count). The SMILES string of the molecule is CNC(=O)Cn1c(CN2CCC(c3cccc4c3OC(C)(c3ccc(Cl)cc3F)O4)CC2)nc2ccc(C(=O)O)cc21. The van der Waals surface area contributed by atoms with E-state index in [0.29, 0.717) is 39.9 Å². The van der Waals surface area contributed by atoms with Crippen LogP contribution in [0.25, 0.3) is 11.0 Å². The van der Waals surface area contributed by atoms with E-state index in [1.54, 1.807) is 42.8 Å². The molecule has 1 unspecified atom stereocenters. The zero-order valence-electron chi connectivity index (χ0n) is 23.2. The fourth-order valence-electron chi connectivity index (χ4n) is 5.86. The number of aromatic carboxylic acids is 1. The lowest BCUT2D eigenvalue weighted by Gasteiger charge is -2.32. The molecule has 1 saturated heterocycles. The number of fused-ring (bicyclic) bond motifs is 2. The fraction of sp³-hybridized carbons (Fsp3) is 0.323. The van der Waals surface area contributed by atoms with Gasteiger partial charge in [-0.05, 0) is 74.3 Å². The van der Waals surface area contributed by atoms with Gasteiger partial charge in [0.25, 0.3) is 5.79 Å². The predicted molar refractivity (Wildman–Crippen MR) is 154 cm³/mol. The number of ether oxygens (including phenoxy) is 2. The van der Waals surface area contributed by atoms with Gasteiger partial charge in [-0.2, -0.15) is 0 Å². The first-order chi connectivity index (χ1) is 20.1. The third-order valence-corrected chi connectivity index (χ3v) is 8.31. The maximum Gasteiger partial charge on any atom is 0.335 e. The van der Waals surface area contributed by atoms with Crippen molar-refractivity contribution in [1.29, 1.82) is 0 Å². The Bertz CT molecular complexity index is 1700. The van der Waals surface area contributed by atoms with Gasteiger partial charge < -0.3 is 24.5 Å². The van der Waals surface area contributed by atoms with Crippen molar-refractivity contribution in [2.45, 2.75) is 44.6 Å². The Kier molecular flexibility index (Phi) is 7.28. The van der Waals surface area contributed by atoms with Crippen molar-refractivity contribution in [2.75, 3.05) is 20.1 Å². The molecule has 1 aromatic heterocycles. The van der Waals surface area contributed by atoms with Gasteiger partial charge in [0.05, 0.1) is 28.7 Å². The highest BCUT2D eigenvalue weighted by Crippen LogP contribution is 2.49. The number of nitrogens with one attached hydrogen (secondary N) is 1. The first kappa shape index (κ1) is 28.0. The van der Waals surface area contributed by atoms with E-state index in [1.165, 1.54) is 12.1 Å². The second kappa shape index (κ2) is 10.9. The quantitative estimate of drug-likeness (QED) is 0.300. The molecule has 0 spiro atoms. The van der Waals surface area contributed by atoms with Crippen LogP contribution in [0.15, 0.2) is 54.6 Å². The number of likely N-dealkylation sites (N-methyl/N-ethyl adjacent to an activating group) is 1. The van der Waals surface area contributed by atoms with Crippen molar-refractivity contribution in [2.24, 2.45) is 0 Å².